The van der Waals surface area contributed by atoms with Crippen LogP contribution in [0.1, 0.15) is 28.1 Å². The Morgan fingerprint density at radius 3 is 2.58 bits per heavy atom. The van der Waals surface area contributed by atoms with Crippen molar-refractivity contribution in [1.82, 2.24) is 14.8 Å². The minimum Gasteiger partial charge on any atom is -0.481 e. The molecule has 0 aliphatic rings. The molecule has 31 heavy (non-hydrogen) atoms. The number of benzene rings is 2. The minimum atomic E-state index is -4.36. The Hall–Kier alpha value is -3.20. The molecule has 0 radical (unpaired) electrons. The van der Waals surface area contributed by atoms with Crippen molar-refractivity contribution < 1.29 is 23.1 Å². The summed E-state index contributed by atoms with van der Waals surface area (Å²) >= 11 is 1.43. The molecule has 0 atom stereocenters. The number of hydrogen-bond donors (Lipinski definition) is 1. The molecule has 4 aromatic rings. The molecule has 160 valence electrons. The molecule has 0 saturated heterocycles. The molecule has 5 nitrogen and oxygen atoms in total. The summed E-state index contributed by atoms with van der Waals surface area (Å²) in [6.07, 6.45) is -2.09. The largest absolute Gasteiger partial charge is 0.481 e. The summed E-state index contributed by atoms with van der Waals surface area (Å²) < 4.78 is 40.2. The van der Waals surface area contributed by atoms with Crippen LogP contribution in [0.4, 0.5) is 13.2 Å². The highest BCUT2D eigenvalue weighted by Gasteiger charge is 2.30. The number of alkyl halides is 3. The zero-order chi connectivity index (χ0) is 22.2. The fourth-order valence-electron chi connectivity index (χ4n) is 3.31. The number of thiazole rings is 1. The molecule has 2 aromatic heterocycles. The molecular formula is C22H18F3N3O2S. The molecule has 0 amide bonds. The van der Waals surface area contributed by atoms with Gasteiger partial charge in [-0.15, -0.1) is 11.3 Å². The molecular weight excluding hydrogens is 427 g/mol. The van der Waals surface area contributed by atoms with Gasteiger partial charge in [0.25, 0.3) is 0 Å². The third-order valence-corrected chi connectivity index (χ3v) is 6.17. The van der Waals surface area contributed by atoms with E-state index in [1.54, 1.807) is 6.20 Å². The van der Waals surface area contributed by atoms with Crippen LogP contribution in [-0.4, -0.2) is 25.8 Å². The number of carboxylic acids is 1. The molecule has 0 unspecified atom stereocenters. The van der Waals surface area contributed by atoms with Gasteiger partial charge in [0.15, 0.2) is 0 Å². The zero-order valence-corrected chi connectivity index (χ0v) is 17.3. The maximum absolute atomic E-state index is 12.8. The lowest BCUT2D eigenvalue weighted by Gasteiger charge is -2.06. The first-order chi connectivity index (χ1) is 14.7. The molecule has 0 fully saturated rings. The molecule has 4 rings (SSSR count). The first-order valence-corrected chi connectivity index (χ1v) is 10.3. The molecule has 0 bridgehead atoms. The van der Waals surface area contributed by atoms with Gasteiger partial charge in [-0.25, -0.2) is 4.98 Å². The number of aliphatic carboxylic acids is 1. The molecule has 9 heteroatoms. The van der Waals surface area contributed by atoms with Gasteiger partial charge < -0.3 is 5.11 Å². The van der Waals surface area contributed by atoms with Crippen molar-refractivity contribution in [1.29, 1.82) is 0 Å². The third-order valence-electron chi connectivity index (χ3n) is 4.98. The number of rotatable bonds is 6. The SMILES string of the molecule is Cc1nc(-c2ccc(C(F)(F)F)cc2)sc1Cn1ncc2cc(CCC(=O)O)ccc21. The Morgan fingerprint density at radius 1 is 1.16 bits per heavy atom. The van der Waals surface area contributed by atoms with Crippen LogP contribution in [0.25, 0.3) is 21.5 Å². The Balaban J connectivity index is 1.55. The topological polar surface area (TPSA) is 68.0 Å². The quantitative estimate of drug-likeness (QED) is 0.422. The highest BCUT2D eigenvalue weighted by Crippen LogP contribution is 2.33. The van der Waals surface area contributed by atoms with Crippen molar-refractivity contribution in [3.63, 3.8) is 0 Å². The van der Waals surface area contributed by atoms with Gasteiger partial charge in [0.1, 0.15) is 5.01 Å². The average molecular weight is 445 g/mol. The number of carboxylic acid groups (broad SMARTS) is 1. The van der Waals surface area contributed by atoms with Crippen molar-refractivity contribution in [3.05, 3.63) is 70.4 Å². The number of aryl methyl sites for hydroxylation is 2. The Bertz CT molecular complexity index is 1240. The first kappa shape index (κ1) is 21.0. The Kier molecular flexibility index (Phi) is 5.53. The Morgan fingerprint density at radius 2 is 1.90 bits per heavy atom. The number of aromatic nitrogens is 3. The number of nitrogens with zero attached hydrogens (tertiary/aromatic N) is 3. The predicted molar refractivity (Wildman–Crippen MR) is 112 cm³/mol. The van der Waals surface area contributed by atoms with E-state index in [1.165, 1.54) is 23.5 Å². The highest BCUT2D eigenvalue weighted by molar-refractivity contribution is 7.15. The normalized spacial score (nSPS) is 11.9. The van der Waals surface area contributed by atoms with Crippen LogP contribution in [0, 0.1) is 6.92 Å². The van der Waals surface area contributed by atoms with Crippen molar-refractivity contribution >= 4 is 28.2 Å². The van der Waals surface area contributed by atoms with Crippen molar-refractivity contribution in [2.45, 2.75) is 32.5 Å². The third kappa shape index (κ3) is 4.61. The van der Waals surface area contributed by atoms with Crippen molar-refractivity contribution in [2.24, 2.45) is 0 Å². The number of carbonyl (C=O) groups is 1. The van der Waals surface area contributed by atoms with E-state index < -0.39 is 17.7 Å². The van der Waals surface area contributed by atoms with Gasteiger partial charge in [-0.1, -0.05) is 18.2 Å². The number of hydrogen-bond acceptors (Lipinski definition) is 4. The summed E-state index contributed by atoms with van der Waals surface area (Å²) in [5, 5.41) is 14.9. The highest BCUT2D eigenvalue weighted by atomic mass is 32.1. The second-order valence-electron chi connectivity index (χ2n) is 7.19. The van der Waals surface area contributed by atoms with E-state index in [2.05, 4.69) is 10.1 Å². The standard InChI is InChI=1S/C22H18F3N3O2S/c1-13-19(31-21(27-13)15-4-6-17(7-5-15)22(23,24)25)12-28-18-8-2-14(3-9-20(29)30)10-16(18)11-26-28/h2,4-8,10-11H,3,9,12H2,1H3,(H,29,30). The van der Waals surface area contributed by atoms with E-state index in [1.807, 2.05) is 29.8 Å². The van der Waals surface area contributed by atoms with E-state index in [9.17, 15) is 18.0 Å². The fraction of sp³-hybridized carbons (Fsp3) is 0.227. The second-order valence-corrected chi connectivity index (χ2v) is 8.28. The predicted octanol–water partition coefficient (Wildman–Crippen LogP) is 5.55. The smallest absolute Gasteiger partial charge is 0.416 e. The lowest BCUT2D eigenvalue weighted by molar-refractivity contribution is -0.138. The van der Waals surface area contributed by atoms with Gasteiger partial charge in [0.05, 0.1) is 29.5 Å². The molecule has 2 aromatic carbocycles. The van der Waals surface area contributed by atoms with Gasteiger partial charge in [-0.3, -0.25) is 9.48 Å². The van der Waals surface area contributed by atoms with Crippen LogP contribution in [0.5, 0.6) is 0 Å². The summed E-state index contributed by atoms with van der Waals surface area (Å²) in [6.45, 7) is 2.36. The van der Waals surface area contributed by atoms with E-state index in [0.717, 1.165) is 39.2 Å². The van der Waals surface area contributed by atoms with Gasteiger partial charge in [0.2, 0.25) is 0 Å². The van der Waals surface area contributed by atoms with Crippen molar-refractivity contribution in [2.75, 3.05) is 0 Å². The average Bonchev–Trinajstić information content (AvgIpc) is 3.29. The van der Waals surface area contributed by atoms with E-state index in [4.69, 9.17) is 5.11 Å². The maximum Gasteiger partial charge on any atom is 0.416 e. The van der Waals surface area contributed by atoms with Gasteiger partial charge in [-0.05, 0) is 43.2 Å². The zero-order valence-electron chi connectivity index (χ0n) is 16.5. The molecule has 0 aliphatic carbocycles. The van der Waals surface area contributed by atoms with Crippen molar-refractivity contribution in [3.8, 4) is 10.6 Å². The van der Waals surface area contributed by atoms with E-state index in [0.29, 0.717) is 23.5 Å². The monoisotopic (exact) mass is 445 g/mol. The van der Waals surface area contributed by atoms with Gasteiger partial charge in [0, 0.05) is 22.2 Å². The maximum atomic E-state index is 12.8. The Labute approximate surface area is 179 Å². The van der Waals surface area contributed by atoms with Gasteiger partial charge in [-0.2, -0.15) is 18.3 Å². The molecule has 0 spiro atoms. The van der Waals surface area contributed by atoms with Crippen LogP contribution in [0.2, 0.25) is 0 Å². The lowest BCUT2D eigenvalue weighted by atomic mass is 10.1. The molecule has 0 aliphatic heterocycles. The van der Waals surface area contributed by atoms with Crippen LogP contribution in [-0.2, 0) is 23.9 Å². The van der Waals surface area contributed by atoms with Crippen LogP contribution < -0.4 is 0 Å². The number of fused-ring (bicyclic) bond motifs is 1. The summed E-state index contributed by atoms with van der Waals surface area (Å²) in [5.74, 6) is -0.833. The van der Waals surface area contributed by atoms with Crippen LogP contribution in [0.3, 0.4) is 0 Å². The van der Waals surface area contributed by atoms with E-state index >= 15 is 0 Å². The summed E-state index contributed by atoms with van der Waals surface area (Å²) in [6, 6.07) is 10.8. The van der Waals surface area contributed by atoms with Gasteiger partial charge >= 0.3 is 12.1 Å². The first-order valence-electron chi connectivity index (χ1n) is 9.51. The molecule has 1 N–H and O–H groups in total. The summed E-state index contributed by atoms with van der Waals surface area (Å²) in [5.41, 5.74) is 2.62. The molecule has 2 heterocycles. The lowest BCUT2D eigenvalue weighted by Crippen LogP contribution is -2.03. The van der Waals surface area contributed by atoms with Crippen LogP contribution >= 0.6 is 11.3 Å². The number of halogens is 3. The van der Waals surface area contributed by atoms with E-state index in [-0.39, 0.29) is 6.42 Å². The fourth-order valence-corrected chi connectivity index (χ4v) is 4.36. The van der Waals surface area contributed by atoms with Crippen LogP contribution in [0.15, 0.2) is 48.7 Å². The second kappa shape index (κ2) is 8.14. The minimum absolute atomic E-state index is 0.0758. The summed E-state index contributed by atoms with van der Waals surface area (Å²) in [7, 11) is 0. The molecule has 0 saturated carbocycles. The summed E-state index contributed by atoms with van der Waals surface area (Å²) in [4.78, 5) is 16.3.